The predicted molar refractivity (Wildman–Crippen MR) is 53.8 cm³/mol. The number of carboxylic acid groups (broad SMARTS) is 1. The fraction of sp³-hybridized carbons (Fsp3) is 0.750. The largest absolute Gasteiger partial charge is 0.481 e. The van der Waals surface area contributed by atoms with Gasteiger partial charge in [0.1, 0.15) is 0 Å². The predicted octanol–water partition coefficient (Wildman–Crippen LogP) is 0.461. The molecule has 1 unspecified atom stereocenters. The molecule has 0 aliphatic carbocycles. The molecule has 1 atom stereocenters. The van der Waals surface area contributed by atoms with Gasteiger partial charge in [-0.3, -0.25) is 14.1 Å². The molecular formula is C8H11F3O7S. The zero-order valence-corrected chi connectivity index (χ0v) is 10.2. The highest BCUT2D eigenvalue weighted by Gasteiger charge is 2.48. The van der Waals surface area contributed by atoms with E-state index in [0.717, 1.165) is 0 Å². The van der Waals surface area contributed by atoms with Crippen LogP contribution in [0.15, 0.2) is 0 Å². The SMILES string of the molecule is O=C(O)CCCOC(=O)C(CS(=O)(=O)O)C(F)(F)F. The summed E-state index contributed by atoms with van der Waals surface area (Å²) in [5, 5.41) is 8.24. The van der Waals surface area contributed by atoms with Crippen LogP contribution in [0.4, 0.5) is 13.2 Å². The van der Waals surface area contributed by atoms with Crippen molar-refractivity contribution < 1.29 is 45.6 Å². The van der Waals surface area contributed by atoms with E-state index in [9.17, 15) is 31.2 Å². The lowest BCUT2D eigenvalue weighted by molar-refractivity contribution is -0.193. The summed E-state index contributed by atoms with van der Waals surface area (Å²) < 4.78 is 70.3. The van der Waals surface area contributed by atoms with Crippen molar-refractivity contribution in [3.05, 3.63) is 0 Å². The standard InChI is InChI=1S/C8H11F3O7S/c9-8(10,11)5(4-19(15,16)17)7(14)18-3-1-2-6(12)13/h5H,1-4H2,(H,12,13)(H,15,16,17). The fourth-order valence-corrected chi connectivity index (χ4v) is 1.75. The number of halogens is 3. The van der Waals surface area contributed by atoms with Gasteiger partial charge in [-0.05, 0) is 6.42 Å². The number of carboxylic acids is 1. The molecular weight excluding hydrogens is 297 g/mol. The van der Waals surface area contributed by atoms with Crippen molar-refractivity contribution in [2.75, 3.05) is 12.4 Å². The molecule has 0 aromatic carbocycles. The van der Waals surface area contributed by atoms with Crippen LogP contribution in [-0.2, 0) is 24.4 Å². The monoisotopic (exact) mass is 308 g/mol. The molecule has 0 aromatic rings. The van der Waals surface area contributed by atoms with Gasteiger partial charge in [0.15, 0.2) is 5.92 Å². The third-order valence-corrected chi connectivity index (χ3v) is 2.59. The molecule has 0 amide bonds. The number of hydrogen-bond acceptors (Lipinski definition) is 5. The molecule has 0 aliphatic rings. The summed E-state index contributed by atoms with van der Waals surface area (Å²) >= 11 is 0. The van der Waals surface area contributed by atoms with E-state index in [1.807, 2.05) is 0 Å². The van der Waals surface area contributed by atoms with Crippen LogP contribution in [0.25, 0.3) is 0 Å². The Morgan fingerprint density at radius 3 is 2.16 bits per heavy atom. The summed E-state index contributed by atoms with van der Waals surface area (Å²) in [5.41, 5.74) is 0. The van der Waals surface area contributed by atoms with Gasteiger partial charge in [0.05, 0.1) is 12.4 Å². The van der Waals surface area contributed by atoms with Gasteiger partial charge < -0.3 is 9.84 Å². The molecule has 0 saturated carbocycles. The van der Waals surface area contributed by atoms with Gasteiger partial charge in [-0.15, -0.1) is 0 Å². The van der Waals surface area contributed by atoms with Gasteiger partial charge in [0.25, 0.3) is 10.1 Å². The average Bonchev–Trinajstić information content (AvgIpc) is 2.17. The Morgan fingerprint density at radius 2 is 1.79 bits per heavy atom. The molecule has 0 aromatic heterocycles. The zero-order chi connectivity index (χ0) is 15.3. The van der Waals surface area contributed by atoms with E-state index >= 15 is 0 Å². The molecule has 112 valence electrons. The van der Waals surface area contributed by atoms with E-state index in [1.54, 1.807) is 0 Å². The number of ether oxygens (including phenoxy) is 1. The highest BCUT2D eigenvalue weighted by molar-refractivity contribution is 7.85. The first kappa shape index (κ1) is 17.6. The molecule has 2 N–H and O–H groups in total. The quantitative estimate of drug-likeness (QED) is 0.398. The molecule has 0 heterocycles. The highest BCUT2D eigenvalue weighted by Crippen LogP contribution is 2.28. The lowest BCUT2D eigenvalue weighted by atomic mass is 10.2. The van der Waals surface area contributed by atoms with Gasteiger partial charge in [-0.25, -0.2) is 0 Å². The van der Waals surface area contributed by atoms with Gasteiger partial charge in [0.2, 0.25) is 0 Å². The summed E-state index contributed by atoms with van der Waals surface area (Å²) in [4.78, 5) is 21.1. The number of esters is 1. The van der Waals surface area contributed by atoms with Crippen molar-refractivity contribution in [3.8, 4) is 0 Å². The number of carbonyl (C=O) groups excluding carboxylic acids is 1. The van der Waals surface area contributed by atoms with E-state index in [0.29, 0.717) is 0 Å². The van der Waals surface area contributed by atoms with Crippen LogP contribution in [0.2, 0.25) is 0 Å². The van der Waals surface area contributed by atoms with E-state index in [-0.39, 0.29) is 6.42 Å². The number of carbonyl (C=O) groups is 2. The van der Waals surface area contributed by atoms with Crippen molar-refractivity contribution in [2.24, 2.45) is 5.92 Å². The Hall–Kier alpha value is -1.36. The minimum absolute atomic E-state index is 0.211. The van der Waals surface area contributed by atoms with Crippen molar-refractivity contribution in [3.63, 3.8) is 0 Å². The Morgan fingerprint density at radius 1 is 1.26 bits per heavy atom. The Balaban J connectivity index is 4.53. The molecule has 0 spiro atoms. The third kappa shape index (κ3) is 8.37. The second-order valence-electron chi connectivity index (χ2n) is 3.51. The molecule has 0 saturated heterocycles. The van der Waals surface area contributed by atoms with Crippen molar-refractivity contribution in [1.82, 2.24) is 0 Å². The second-order valence-corrected chi connectivity index (χ2v) is 5.00. The first-order chi connectivity index (χ1) is 8.43. The number of aliphatic carboxylic acids is 1. The van der Waals surface area contributed by atoms with Gasteiger partial charge in [-0.2, -0.15) is 21.6 Å². The normalized spacial score (nSPS) is 13.9. The Bertz CT molecular complexity index is 428. The van der Waals surface area contributed by atoms with Crippen molar-refractivity contribution >= 4 is 22.1 Å². The van der Waals surface area contributed by atoms with Crippen LogP contribution in [-0.4, -0.2) is 48.6 Å². The highest BCUT2D eigenvalue weighted by atomic mass is 32.2. The maximum atomic E-state index is 12.4. The van der Waals surface area contributed by atoms with Crippen LogP contribution >= 0.6 is 0 Å². The average molecular weight is 308 g/mol. The van der Waals surface area contributed by atoms with Crippen molar-refractivity contribution in [2.45, 2.75) is 19.0 Å². The van der Waals surface area contributed by atoms with Crippen LogP contribution in [0.5, 0.6) is 0 Å². The summed E-state index contributed by atoms with van der Waals surface area (Å²) in [6, 6.07) is 0. The van der Waals surface area contributed by atoms with E-state index in [2.05, 4.69) is 4.74 Å². The minimum atomic E-state index is -5.19. The van der Waals surface area contributed by atoms with Crippen molar-refractivity contribution in [1.29, 1.82) is 0 Å². The first-order valence-corrected chi connectivity index (χ1v) is 6.44. The van der Waals surface area contributed by atoms with Gasteiger partial charge in [-0.1, -0.05) is 0 Å². The third-order valence-electron chi connectivity index (χ3n) is 1.84. The summed E-state index contributed by atoms with van der Waals surface area (Å²) in [5.74, 6) is -7.95. The van der Waals surface area contributed by atoms with Gasteiger partial charge >= 0.3 is 18.1 Å². The summed E-state index contributed by atoms with van der Waals surface area (Å²) in [7, 11) is -5.01. The van der Waals surface area contributed by atoms with E-state index in [1.165, 1.54) is 0 Å². The summed E-state index contributed by atoms with van der Waals surface area (Å²) in [6.45, 7) is -0.594. The van der Waals surface area contributed by atoms with Crippen LogP contribution < -0.4 is 0 Å². The Labute approximate surface area is 106 Å². The first-order valence-electron chi connectivity index (χ1n) is 4.84. The van der Waals surface area contributed by atoms with E-state index < -0.39 is 52.9 Å². The summed E-state index contributed by atoms with van der Waals surface area (Å²) in [6.07, 6.45) is -5.82. The lowest BCUT2D eigenvalue weighted by Crippen LogP contribution is -2.37. The molecule has 0 radical (unpaired) electrons. The van der Waals surface area contributed by atoms with Crippen LogP contribution in [0.1, 0.15) is 12.8 Å². The smallest absolute Gasteiger partial charge is 0.403 e. The second kappa shape index (κ2) is 6.70. The number of rotatable bonds is 7. The number of hydrogen-bond donors (Lipinski definition) is 2. The molecule has 19 heavy (non-hydrogen) atoms. The lowest BCUT2D eigenvalue weighted by Gasteiger charge is -2.17. The maximum absolute atomic E-state index is 12.4. The minimum Gasteiger partial charge on any atom is -0.481 e. The Kier molecular flexibility index (Phi) is 6.22. The molecule has 0 rings (SSSR count). The van der Waals surface area contributed by atoms with Crippen LogP contribution in [0.3, 0.4) is 0 Å². The van der Waals surface area contributed by atoms with Gasteiger partial charge in [0, 0.05) is 6.42 Å². The van der Waals surface area contributed by atoms with Crippen LogP contribution in [0, 0.1) is 5.92 Å². The van der Waals surface area contributed by atoms with E-state index in [4.69, 9.17) is 9.66 Å². The topological polar surface area (TPSA) is 118 Å². The molecule has 0 bridgehead atoms. The molecule has 0 aliphatic heterocycles. The number of alkyl halides is 3. The molecule has 11 heteroatoms. The maximum Gasteiger partial charge on any atom is 0.403 e. The molecule has 7 nitrogen and oxygen atoms in total. The fourth-order valence-electron chi connectivity index (χ4n) is 1.00. The molecule has 0 fully saturated rings. The zero-order valence-electron chi connectivity index (χ0n) is 9.38.